The quantitative estimate of drug-likeness (QED) is 0.408. The van der Waals surface area contributed by atoms with E-state index in [-0.39, 0.29) is 30.1 Å². The van der Waals surface area contributed by atoms with Crippen LogP contribution in [0.5, 0.6) is 0 Å². The highest BCUT2D eigenvalue weighted by atomic mass is 19.1. The summed E-state index contributed by atoms with van der Waals surface area (Å²) in [7, 11) is 0. The van der Waals surface area contributed by atoms with Crippen molar-refractivity contribution in [3.63, 3.8) is 0 Å². The second kappa shape index (κ2) is 8.37. The number of imide groups is 1. The summed E-state index contributed by atoms with van der Waals surface area (Å²) in [5.74, 6) is -1.37. The lowest BCUT2D eigenvalue weighted by molar-refractivity contribution is -0.126. The first-order valence-electron chi connectivity index (χ1n) is 9.35. The van der Waals surface area contributed by atoms with Crippen LogP contribution in [-0.2, 0) is 9.59 Å². The van der Waals surface area contributed by atoms with Crippen molar-refractivity contribution in [1.29, 1.82) is 0 Å². The van der Waals surface area contributed by atoms with E-state index in [0.29, 0.717) is 31.5 Å². The molecule has 0 radical (unpaired) electrons. The van der Waals surface area contributed by atoms with E-state index < -0.39 is 17.4 Å². The Balaban J connectivity index is 1.37. The van der Waals surface area contributed by atoms with Gasteiger partial charge in [-0.3, -0.25) is 19.7 Å². The highest BCUT2D eigenvalue weighted by Gasteiger charge is 2.54. The third-order valence-corrected chi connectivity index (χ3v) is 5.31. The molecule has 1 aromatic rings. The van der Waals surface area contributed by atoms with Gasteiger partial charge in [0, 0.05) is 31.0 Å². The van der Waals surface area contributed by atoms with E-state index in [9.17, 15) is 23.6 Å². The number of benzene rings is 1. The standard InChI is InChI=1S/C19H23FN4O4/c20-14-7-5-12(6-8-14)16(26)21-10-2-4-15(25)22-11-13-3-1-9-19(13)17(27)23-18(28)24-19/h5-8,13H,1-4,9-11H2,(H,21,26)(H,22,25)(H2,23,24,27,28)/t13-,19+/m0/s1. The van der Waals surface area contributed by atoms with Crippen LogP contribution in [0.3, 0.4) is 0 Å². The van der Waals surface area contributed by atoms with Gasteiger partial charge in [0.25, 0.3) is 11.8 Å². The van der Waals surface area contributed by atoms with E-state index in [1.165, 1.54) is 24.3 Å². The van der Waals surface area contributed by atoms with Crippen molar-refractivity contribution in [3.05, 3.63) is 35.6 Å². The van der Waals surface area contributed by atoms with Gasteiger partial charge in [-0.05, 0) is 43.5 Å². The van der Waals surface area contributed by atoms with Crippen LogP contribution >= 0.6 is 0 Å². The summed E-state index contributed by atoms with van der Waals surface area (Å²) in [6, 6.07) is 4.73. The number of hydrogen-bond donors (Lipinski definition) is 4. The smallest absolute Gasteiger partial charge is 0.322 e. The summed E-state index contributed by atoms with van der Waals surface area (Å²) in [5.41, 5.74) is -0.553. The van der Waals surface area contributed by atoms with Gasteiger partial charge in [0.1, 0.15) is 11.4 Å². The first-order valence-corrected chi connectivity index (χ1v) is 9.35. The van der Waals surface area contributed by atoms with Crippen LogP contribution in [0.4, 0.5) is 9.18 Å². The Hall–Kier alpha value is -2.97. The van der Waals surface area contributed by atoms with E-state index >= 15 is 0 Å². The molecule has 1 heterocycles. The van der Waals surface area contributed by atoms with Crippen molar-refractivity contribution in [2.75, 3.05) is 13.1 Å². The fourth-order valence-electron chi connectivity index (χ4n) is 3.80. The average Bonchev–Trinajstić information content (AvgIpc) is 3.20. The lowest BCUT2D eigenvalue weighted by Crippen LogP contribution is -2.53. The number of carbonyl (C=O) groups excluding carboxylic acids is 4. The Morgan fingerprint density at radius 2 is 1.93 bits per heavy atom. The number of hydrogen-bond acceptors (Lipinski definition) is 4. The first kappa shape index (κ1) is 19.8. The van der Waals surface area contributed by atoms with Gasteiger partial charge in [-0.1, -0.05) is 6.42 Å². The molecule has 1 aliphatic heterocycles. The maximum absolute atomic E-state index is 12.8. The van der Waals surface area contributed by atoms with Crippen LogP contribution in [0.25, 0.3) is 0 Å². The summed E-state index contributed by atoms with van der Waals surface area (Å²) in [4.78, 5) is 47.5. The molecule has 1 spiro atoms. The molecule has 2 aliphatic rings. The SMILES string of the molecule is O=C(CCCNC(=O)c1ccc(F)cc1)NC[C@@H]1CCC[C@@]12NC(=O)NC2=O. The van der Waals surface area contributed by atoms with Crippen molar-refractivity contribution in [2.24, 2.45) is 5.92 Å². The summed E-state index contributed by atoms with van der Waals surface area (Å²) in [6.07, 6.45) is 2.81. The van der Waals surface area contributed by atoms with Gasteiger partial charge in [-0.25, -0.2) is 9.18 Å². The molecular weight excluding hydrogens is 367 g/mol. The van der Waals surface area contributed by atoms with Gasteiger partial charge in [0.05, 0.1) is 0 Å². The van der Waals surface area contributed by atoms with Crippen LogP contribution < -0.4 is 21.3 Å². The van der Waals surface area contributed by atoms with Crippen molar-refractivity contribution < 1.29 is 23.6 Å². The number of nitrogens with one attached hydrogen (secondary N) is 4. The van der Waals surface area contributed by atoms with Crippen LogP contribution in [-0.4, -0.2) is 42.4 Å². The minimum atomic E-state index is -0.909. The molecule has 3 rings (SSSR count). The summed E-state index contributed by atoms with van der Waals surface area (Å²) >= 11 is 0. The van der Waals surface area contributed by atoms with E-state index in [4.69, 9.17) is 0 Å². The third kappa shape index (κ3) is 4.29. The van der Waals surface area contributed by atoms with Crippen LogP contribution in [0.1, 0.15) is 42.5 Å². The molecule has 2 fully saturated rings. The van der Waals surface area contributed by atoms with Crippen molar-refractivity contribution in [2.45, 2.75) is 37.6 Å². The van der Waals surface area contributed by atoms with E-state index in [0.717, 1.165) is 12.8 Å². The fraction of sp³-hybridized carbons (Fsp3) is 0.474. The molecule has 5 amide bonds. The summed E-state index contributed by atoms with van der Waals surface area (Å²) in [6.45, 7) is 0.629. The monoisotopic (exact) mass is 390 g/mol. The molecule has 0 aromatic heterocycles. The van der Waals surface area contributed by atoms with Gasteiger partial charge in [0.15, 0.2) is 0 Å². The number of halogens is 1. The molecule has 1 saturated heterocycles. The summed E-state index contributed by atoms with van der Waals surface area (Å²) < 4.78 is 12.8. The number of amides is 5. The topological polar surface area (TPSA) is 116 Å². The highest BCUT2D eigenvalue weighted by Crippen LogP contribution is 2.37. The first-order chi connectivity index (χ1) is 13.4. The molecule has 4 N–H and O–H groups in total. The van der Waals surface area contributed by atoms with E-state index in [2.05, 4.69) is 21.3 Å². The molecular formula is C19H23FN4O4. The Kier molecular flexibility index (Phi) is 5.91. The van der Waals surface area contributed by atoms with Crippen LogP contribution in [0.15, 0.2) is 24.3 Å². The lowest BCUT2D eigenvalue weighted by Gasteiger charge is -2.28. The van der Waals surface area contributed by atoms with Crippen molar-refractivity contribution in [3.8, 4) is 0 Å². The van der Waals surface area contributed by atoms with Gasteiger partial charge < -0.3 is 16.0 Å². The largest absolute Gasteiger partial charge is 0.356 e. The number of carbonyl (C=O) groups is 4. The van der Waals surface area contributed by atoms with Crippen molar-refractivity contribution >= 4 is 23.8 Å². The maximum Gasteiger partial charge on any atom is 0.322 e. The molecule has 150 valence electrons. The van der Waals surface area contributed by atoms with Crippen LogP contribution in [0.2, 0.25) is 0 Å². The van der Waals surface area contributed by atoms with Gasteiger partial charge in [-0.2, -0.15) is 0 Å². The molecule has 0 bridgehead atoms. The zero-order valence-electron chi connectivity index (χ0n) is 15.3. The third-order valence-electron chi connectivity index (χ3n) is 5.31. The predicted octanol–water partition coefficient (Wildman–Crippen LogP) is 0.830. The van der Waals surface area contributed by atoms with Gasteiger partial charge in [0.2, 0.25) is 5.91 Å². The Labute approximate surface area is 161 Å². The second-order valence-corrected chi connectivity index (χ2v) is 7.14. The molecule has 1 aliphatic carbocycles. The minimum absolute atomic E-state index is 0.138. The van der Waals surface area contributed by atoms with Gasteiger partial charge in [-0.15, -0.1) is 0 Å². The number of urea groups is 1. The zero-order chi connectivity index (χ0) is 20.1. The minimum Gasteiger partial charge on any atom is -0.356 e. The molecule has 0 unspecified atom stereocenters. The second-order valence-electron chi connectivity index (χ2n) is 7.14. The molecule has 1 saturated carbocycles. The summed E-state index contributed by atoms with van der Waals surface area (Å²) in [5, 5.41) is 10.5. The number of rotatable bonds is 7. The van der Waals surface area contributed by atoms with Gasteiger partial charge >= 0.3 is 6.03 Å². The Bertz CT molecular complexity index is 783. The Morgan fingerprint density at radius 1 is 1.18 bits per heavy atom. The normalized spacial score (nSPS) is 23.4. The average molecular weight is 390 g/mol. The molecule has 1 aromatic carbocycles. The maximum atomic E-state index is 12.8. The van der Waals surface area contributed by atoms with E-state index in [1.54, 1.807) is 0 Å². The Morgan fingerprint density at radius 3 is 2.61 bits per heavy atom. The lowest BCUT2D eigenvalue weighted by atomic mass is 9.87. The molecule has 2 atom stereocenters. The van der Waals surface area contributed by atoms with E-state index in [1.807, 2.05) is 0 Å². The zero-order valence-corrected chi connectivity index (χ0v) is 15.3. The molecule has 8 nitrogen and oxygen atoms in total. The van der Waals surface area contributed by atoms with Crippen molar-refractivity contribution in [1.82, 2.24) is 21.3 Å². The molecule has 9 heteroatoms. The molecule has 28 heavy (non-hydrogen) atoms. The fourth-order valence-corrected chi connectivity index (χ4v) is 3.80. The van der Waals surface area contributed by atoms with Crippen LogP contribution in [0, 0.1) is 11.7 Å². The predicted molar refractivity (Wildman–Crippen MR) is 97.7 cm³/mol. The highest BCUT2D eigenvalue weighted by molar-refractivity contribution is 6.07.